The highest BCUT2D eigenvalue weighted by atomic mass is 35.5. The van der Waals surface area contributed by atoms with Gasteiger partial charge in [-0.15, -0.1) is 11.3 Å². The van der Waals surface area contributed by atoms with Gasteiger partial charge in [0.2, 0.25) is 0 Å². The van der Waals surface area contributed by atoms with Crippen LogP contribution in [-0.4, -0.2) is 62.2 Å². The number of ether oxygens (including phenoxy) is 2. The summed E-state index contributed by atoms with van der Waals surface area (Å²) in [6.45, 7) is 5.00. The molecule has 1 unspecified atom stereocenters. The fourth-order valence-corrected chi connectivity index (χ4v) is 6.39. The van der Waals surface area contributed by atoms with Gasteiger partial charge in [0.1, 0.15) is 28.3 Å². The topological polar surface area (TPSA) is 171 Å². The summed E-state index contributed by atoms with van der Waals surface area (Å²) in [5.41, 5.74) is -1.37. The number of halogens is 2. The number of benzene rings is 1. The number of carbonyl (C=O) groups excluding carboxylic acids is 1. The standard InChI is InChI=1S/C25H29ClFN4O9PS/c1-13(2)38-22(34)14(3)30-41(36,40-16-7-5-15(6-8-16)19-21(26)42-12-28-19)37-11-17-20(33)25(4,27)23(39-17)31-10-9-18(32)29-24(31)35/h5-10,12-14,17,20,23,33H,11H2,1-4H3,(H,30,36)(H,29,32,35)/t14-,17+,20+,23+,25+,41?/m0/s1. The molecule has 3 heterocycles. The molecule has 3 aromatic rings. The molecule has 4 rings (SSSR count). The highest BCUT2D eigenvalue weighted by Crippen LogP contribution is 2.48. The van der Waals surface area contributed by atoms with Crippen molar-refractivity contribution < 1.29 is 37.4 Å². The molecule has 17 heteroatoms. The normalized spacial score (nSPS) is 24.3. The molecule has 2 aromatic heterocycles. The van der Waals surface area contributed by atoms with Gasteiger partial charge in [-0.25, -0.2) is 18.7 Å². The molecule has 0 bridgehead atoms. The van der Waals surface area contributed by atoms with E-state index in [1.54, 1.807) is 31.5 Å². The largest absolute Gasteiger partial charge is 0.462 e. The maximum Gasteiger partial charge on any atom is 0.459 e. The van der Waals surface area contributed by atoms with Gasteiger partial charge in [-0.1, -0.05) is 11.6 Å². The smallest absolute Gasteiger partial charge is 0.459 e. The van der Waals surface area contributed by atoms with Crippen LogP contribution >= 0.6 is 30.7 Å². The summed E-state index contributed by atoms with van der Waals surface area (Å²) < 4.78 is 52.7. The number of aliphatic hydroxyl groups excluding tert-OH is 1. The Kier molecular flexibility index (Phi) is 9.72. The van der Waals surface area contributed by atoms with E-state index in [1.807, 2.05) is 4.98 Å². The number of rotatable bonds is 11. The summed E-state index contributed by atoms with van der Waals surface area (Å²) in [6, 6.07) is 6.05. The first-order chi connectivity index (χ1) is 19.7. The van der Waals surface area contributed by atoms with E-state index in [0.29, 0.717) is 15.6 Å². The summed E-state index contributed by atoms with van der Waals surface area (Å²) in [6.07, 6.45) is -4.36. The van der Waals surface area contributed by atoms with E-state index in [2.05, 4.69) is 10.1 Å². The van der Waals surface area contributed by atoms with E-state index in [1.165, 1.54) is 30.4 Å². The molecule has 3 N–H and O–H groups in total. The van der Waals surface area contributed by atoms with Gasteiger partial charge < -0.3 is 19.1 Å². The predicted octanol–water partition coefficient (Wildman–Crippen LogP) is 3.43. The lowest BCUT2D eigenvalue weighted by atomic mass is 9.98. The van der Waals surface area contributed by atoms with E-state index in [9.17, 15) is 24.1 Å². The average molecular weight is 647 g/mol. The number of nitrogens with zero attached hydrogens (tertiary/aromatic N) is 2. The molecule has 1 saturated heterocycles. The van der Waals surface area contributed by atoms with Crippen molar-refractivity contribution in [3.63, 3.8) is 0 Å². The minimum absolute atomic E-state index is 0.0752. The number of alkyl halides is 1. The van der Waals surface area contributed by atoms with Gasteiger partial charge in [-0.3, -0.25) is 23.7 Å². The van der Waals surface area contributed by atoms with Gasteiger partial charge in [0.25, 0.3) is 5.56 Å². The Morgan fingerprint density at radius 3 is 2.60 bits per heavy atom. The second-order valence-corrected chi connectivity index (χ2v) is 13.0. The van der Waals surface area contributed by atoms with Crippen LogP contribution in [0.15, 0.2) is 51.6 Å². The molecule has 0 aliphatic carbocycles. The summed E-state index contributed by atoms with van der Waals surface area (Å²) >= 11 is 7.41. The molecule has 1 aromatic carbocycles. The van der Waals surface area contributed by atoms with E-state index in [-0.39, 0.29) is 5.75 Å². The number of H-pyrrole nitrogens is 1. The minimum Gasteiger partial charge on any atom is -0.462 e. The summed E-state index contributed by atoms with van der Waals surface area (Å²) in [5, 5.41) is 13.2. The molecule has 1 aliphatic rings. The fourth-order valence-electron chi connectivity index (χ4n) is 4.08. The Morgan fingerprint density at radius 1 is 1.31 bits per heavy atom. The third kappa shape index (κ3) is 7.17. The third-order valence-corrected chi connectivity index (χ3v) is 8.87. The van der Waals surface area contributed by atoms with Gasteiger partial charge in [0.15, 0.2) is 11.9 Å². The first kappa shape index (κ1) is 32.0. The predicted molar refractivity (Wildman–Crippen MR) is 151 cm³/mol. The van der Waals surface area contributed by atoms with E-state index in [0.717, 1.165) is 23.8 Å². The van der Waals surface area contributed by atoms with Gasteiger partial charge in [-0.2, -0.15) is 5.09 Å². The van der Waals surface area contributed by atoms with Crippen molar-refractivity contribution in [2.75, 3.05) is 6.61 Å². The lowest BCUT2D eigenvalue weighted by molar-refractivity contribution is -0.149. The van der Waals surface area contributed by atoms with Crippen LogP contribution in [0.4, 0.5) is 4.39 Å². The molecule has 0 saturated carbocycles. The van der Waals surface area contributed by atoms with Crippen molar-refractivity contribution in [1.29, 1.82) is 0 Å². The molecule has 0 spiro atoms. The zero-order chi connectivity index (χ0) is 30.8. The molecule has 6 atom stereocenters. The second-order valence-electron chi connectivity index (χ2n) is 9.86. The number of aliphatic hydroxyl groups is 1. The lowest BCUT2D eigenvalue weighted by Gasteiger charge is -2.25. The summed E-state index contributed by atoms with van der Waals surface area (Å²) in [5.74, 6) is -0.664. The number of aromatic amines is 1. The summed E-state index contributed by atoms with van der Waals surface area (Å²) in [7, 11) is -4.43. The number of aromatic nitrogens is 3. The SMILES string of the molecule is CC(C)OC(=O)[C@H](C)NP(=O)(OC[C@H]1O[C@@H](n2ccc(=O)[nH]c2=O)[C@](C)(F)[C@@H]1O)Oc1ccc(-c2ncsc2Cl)cc1. The number of esters is 1. The molecule has 228 valence electrons. The first-order valence-electron chi connectivity index (χ1n) is 12.7. The van der Waals surface area contributed by atoms with Crippen LogP contribution in [0, 0.1) is 0 Å². The minimum atomic E-state index is -4.43. The molecular weight excluding hydrogens is 618 g/mol. The Balaban J connectivity index is 1.55. The van der Waals surface area contributed by atoms with E-state index < -0.39 is 67.8 Å². The number of hydrogen-bond acceptors (Lipinski definition) is 11. The van der Waals surface area contributed by atoms with Gasteiger partial charge in [0.05, 0.1) is 23.9 Å². The maximum absolute atomic E-state index is 15.6. The molecule has 42 heavy (non-hydrogen) atoms. The average Bonchev–Trinajstić information content (AvgIpc) is 3.43. The van der Waals surface area contributed by atoms with Crippen molar-refractivity contribution in [3.05, 3.63) is 67.2 Å². The van der Waals surface area contributed by atoms with Gasteiger partial charge in [0, 0.05) is 17.8 Å². The van der Waals surface area contributed by atoms with Crippen LogP contribution < -0.4 is 20.9 Å². The quantitative estimate of drug-likeness (QED) is 0.206. The first-order valence-corrected chi connectivity index (χ1v) is 15.5. The fraction of sp³-hybridized carbons (Fsp3) is 0.440. The van der Waals surface area contributed by atoms with Gasteiger partial charge >= 0.3 is 19.4 Å². The second kappa shape index (κ2) is 12.8. The van der Waals surface area contributed by atoms with Crippen LogP contribution in [0.2, 0.25) is 4.34 Å². The van der Waals surface area contributed by atoms with Crippen molar-refractivity contribution in [2.24, 2.45) is 0 Å². The number of carbonyl (C=O) groups is 1. The van der Waals surface area contributed by atoms with Crippen LogP contribution in [0.1, 0.15) is 33.9 Å². The number of thiazole rings is 1. The van der Waals surface area contributed by atoms with Crippen LogP contribution in [0.25, 0.3) is 11.3 Å². The van der Waals surface area contributed by atoms with E-state index >= 15 is 4.39 Å². The molecule has 13 nitrogen and oxygen atoms in total. The van der Waals surface area contributed by atoms with Crippen molar-refractivity contribution in [2.45, 2.75) is 63.9 Å². The van der Waals surface area contributed by atoms with Crippen LogP contribution in [-0.2, 0) is 23.4 Å². The van der Waals surface area contributed by atoms with Crippen LogP contribution in [0.5, 0.6) is 5.75 Å². The summed E-state index contributed by atoms with van der Waals surface area (Å²) in [4.78, 5) is 42.3. The Hall–Kier alpha value is -2.91. The zero-order valence-electron chi connectivity index (χ0n) is 22.9. The molecule has 0 radical (unpaired) electrons. The van der Waals surface area contributed by atoms with Gasteiger partial charge in [-0.05, 0) is 52.0 Å². The Labute approximate surface area is 248 Å². The number of nitrogens with one attached hydrogen (secondary N) is 2. The zero-order valence-corrected chi connectivity index (χ0v) is 25.3. The van der Waals surface area contributed by atoms with Crippen molar-refractivity contribution in [3.8, 4) is 17.0 Å². The van der Waals surface area contributed by atoms with E-state index in [4.69, 9.17) is 30.1 Å². The lowest BCUT2D eigenvalue weighted by Crippen LogP contribution is -2.43. The van der Waals surface area contributed by atoms with Crippen molar-refractivity contribution >= 4 is 36.7 Å². The molecular formula is C25H29ClFN4O9PS. The monoisotopic (exact) mass is 646 g/mol. The third-order valence-electron chi connectivity index (χ3n) is 6.16. The molecule has 0 amide bonds. The number of hydrogen-bond donors (Lipinski definition) is 3. The van der Waals surface area contributed by atoms with Crippen molar-refractivity contribution in [1.82, 2.24) is 19.6 Å². The molecule has 1 fully saturated rings. The van der Waals surface area contributed by atoms with Crippen LogP contribution in [0.3, 0.4) is 0 Å². The Morgan fingerprint density at radius 2 is 2.00 bits per heavy atom. The maximum atomic E-state index is 15.6. The Bertz CT molecular complexity index is 1580. The highest BCUT2D eigenvalue weighted by molar-refractivity contribution is 7.52. The molecule has 1 aliphatic heterocycles. The highest BCUT2D eigenvalue weighted by Gasteiger charge is 2.56.